The first-order chi connectivity index (χ1) is 9.06. The Morgan fingerprint density at radius 1 is 1.42 bits per heavy atom. The number of pyridine rings is 1. The van der Waals surface area contributed by atoms with Crippen molar-refractivity contribution >= 4 is 5.91 Å². The molecule has 1 amide bonds. The zero-order valence-electron chi connectivity index (χ0n) is 12.1. The molecule has 1 heterocycles. The van der Waals surface area contributed by atoms with E-state index in [1.165, 1.54) is 0 Å². The smallest absolute Gasteiger partial charge is 0.236 e. The van der Waals surface area contributed by atoms with Crippen LogP contribution in [0.4, 0.5) is 0 Å². The van der Waals surface area contributed by atoms with Gasteiger partial charge in [-0.2, -0.15) is 0 Å². The molecule has 0 radical (unpaired) electrons. The van der Waals surface area contributed by atoms with Gasteiger partial charge in [0.15, 0.2) is 0 Å². The number of rotatable bonds is 7. The van der Waals surface area contributed by atoms with E-state index in [1.54, 1.807) is 20.4 Å². The number of methoxy groups -OCH3 is 1. The van der Waals surface area contributed by atoms with E-state index in [0.29, 0.717) is 18.3 Å². The number of hydrogen-bond donors (Lipinski definition) is 2. The van der Waals surface area contributed by atoms with Crippen molar-refractivity contribution in [2.75, 3.05) is 14.2 Å². The van der Waals surface area contributed by atoms with E-state index in [2.05, 4.69) is 29.5 Å². The highest BCUT2D eigenvalue weighted by molar-refractivity contribution is 5.81. The third kappa shape index (κ3) is 5.26. The lowest BCUT2D eigenvalue weighted by Crippen LogP contribution is -2.43. The second kappa shape index (κ2) is 7.74. The fourth-order valence-corrected chi connectivity index (χ4v) is 1.81. The molecule has 0 spiro atoms. The van der Waals surface area contributed by atoms with Gasteiger partial charge in [0.1, 0.15) is 0 Å². The molecular formula is C14H23N3O2. The summed E-state index contributed by atoms with van der Waals surface area (Å²) in [6, 6.07) is 3.58. The standard InChI is InChI=1S/C14H23N3O2/c1-10(2)7-12(14(18)15-3)16-8-11-5-6-13(19-4)17-9-11/h5-6,9-10,12,16H,7-8H2,1-4H3,(H,15,18). The molecule has 0 saturated heterocycles. The van der Waals surface area contributed by atoms with Crippen molar-refractivity contribution in [3.63, 3.8) is 0 Å². The molecule has 106 valence electrons. The Morgan fingerprint density at radius 2 is 2.16 bits per heavy atom. The van der Waals surface area contributed by atoms with Crippen molar-refractivity contribution < 1.29 is 9.53 Å². The molecule has 5 heteroatoms. The molecule has 0 aromatic carbocycles. The lowest BCUT2D eigenvalue weighted by Gasteiger charge is -2.19. The summed E-state index contributed by atoms with van der Waals surface area (Å²) in [5.74, 6) is 1.08. The maximum Gasteiger partial charge on any atom is 0.236 e. The minimum Gasteiger partial charge on any atom is -0.481 e. The highest BCUT2D eigenvalue weighted by atomic mass is 16.5. The van der Waals surface area contributed by atoms with Crippen molar-refractivity contribution in [3.8, 4) is 5.88 Å². The Balaban J connectivity index is 2.56. The van der Waals surface area contributed by atoms with E-state index < -0.39 is 0 Å². The molecule has 1 unspecified atom stereocenters. The average Bonchev–Trinajstić information content (AvgIpc) is 2.42. The van der Waals surface area contributed by atoms with E-state index in [0.717, 1.165) is 12.0 Å². The van der Waals surface area contributed by atoms with Crippen molar-refractivity contribution in [2.24, 2.45) is 5.92 Å². The van der Waals surface area contributed by atoms with Crippen LogP contribution in [0.3, 0.4) is 0 Å². The highest BCUT2D eigenvalue weighted by Crippen LogP contribution is 2.09. The van der Waals surface area contributed by atoms with Crippen LogP contribution in [0.25, 0.3) is 0 Å². The lowest BCUT2D eigenvalue weighted by atomic mass is 10.0. The number of carbonyl (C=O) groups is 1. The highest BCUT2D eigenvalue weighted by Gasteiger charge is 2.17. The van der Waals surface area contributed by atoms with E-state index >= 15 is 0 Å². The second-order valence-corrected chi connectivity index (χ2v) is 4.89. The average molecular weight is 265 g/mol. The summed E-state index contributed by atoms with van der Waals surface area (Å²) in [7, 11) is 3.25. The molecule has 0 fully saturated rings. The summed E-state index contributed by atoms with van der Waals surface area (Å²) in [6.07, 6.45) is 2.56. The molecule has 19 heavy (non-hydrogen) atoms. The Kier molecular flexibility index (Phi) is 6.29. The van der Waals surface area contributed by atoms with E-state index in [-0.39, 0.29) is 11.9 Å². The summed E-state index contributed by atoms with van der Waals surface area (Å²) < 4.78 is 5.01. The van der Waals surface area contributed by atoms with Crippen LogP contribution in [-0.2, 0) is 11.3 Å². The topological polar surface area (TPSA) is 63.2 Å². The number of carbonyl (C=O) groups excluding carboxylic acids is 1. The quantitative estimate of drug-likeness (QED) is 0.781. The van der Waals surface area contributed by atoms with Gasteiger partial charge >= 0.3 is 0 Å². The van der Waals surface area contributed by atoms with Crippen molar-refractivity contribution in [1.29, 1.82) is 0 Å². The maximum absolute atomic E-state index is 11.8. The van der Waals surface area contributed by atoms with Crippen LogP contribution in [0.5, 0.6) is 5.88 Å². The monoisotopic (exact) mass is 265 g/mol. The number of likely N-dealkylation sites (N-methyl/N-ethyl adjacent to an activating group) is 1. The van der Waals surface area contributed by atoms with Crippen LogP contribution >= 0.6 is 0 Å². The summed E-state index contributed by atoms with van der Waals surface area (Å²) in [5, 5.41) is 5.95. The molecular weight excluding hydrogens is 242 g/mol. The number of amides is 1. The first kappa shape index (κ1) is 15.4. The second-order valence-electron chi connectivity index (χ2n) is 4.89. The fourth-order valence-electron chi connectivity index (χ4n) is 1.81. The maximum atomic E-state index is 11.8. The summed E-state index contributed by atoms with van der Waals surface area (Å²) in [5.41, 5.74) is 1.03. The molecule has 2 N–H and O–H groups in total. The predicted octanol–water partition coefficient (Wildman–Crippen LogP) is 1.34. The number of hydrogen-bond acceptors (Lipinski definition) is 4. The Bertz CT molecular complexity index is 390. The van der Waals surface area contributed by atoms with Gasteiger partial charge in [0.25, 0.3) is 0 Å². The van der Waals surface area contributed by atoms with Crippen LogP contribution < -0.4 is 15.4 Å². The van der Waals surface area contributed by atoms with Crippen molar-refractivity contribution in [3.05, 3.63) is 23.9 Å². The number of nitrogens with one attached hydrogen (secondary N) is 2. The predicted molar refractivity (Wildman–Crippen MR) is 74.9 cm³/mol. The van der Waals surface area contributed by atoms with Crippen LogP contribution in [-0.4, -0.2) is 31.1 Å². The zero-order chi connectivity index (χ0) is 14.3. The largest absolute Gasteiger partial charge is 0.481 e. The SMILES string of the molecule is CNC(=O)C(CC(C)C)NCc1ccc(OC)nc1. The third-order valence-corrected chi connectivity index (χ3v) is 2.83. The van der Waals surface area contributed by atoms with Gasteiger partial charge in [0, 0.05) is 25.9 Å². The third-order valence-electron chi connectivity index (χ3n) is 2.83. The molecule has 1 aromatic heterocycles. The molecule has 1 rings (SSSR count). The lowest BCUT2D eigenvalue weighted by molar-refractivity contribution is -0.123. The van der Waals surface area contributed by atoms with E-state index in [1.807, 2.05) is 12.1 Å². The Morgan fingerprint density at radius 3 is 2.63 bits per heavy atom. The van der Waals surface area contributed by atoms with E-state index in [9.17, 15) is 4.79 Å². The minimum atomic E-state index is -0.174. The molecule has 0 saturated carbocycles. The van der Waals surface area contributed by atoms with Crippen LogP contribution in [0.2, 0.25) is 0 Å². The van der Waals surface area contributed by atoms with E-state index in [4.69, 9.17) is 4.74 Å². The van der Waals surface area contributed by atoms with Crippen LogP contribution in [0.1, 0.15) is 25.8 Å². The van der Waals surface area contributed by atoms with Gasteiger partial charge in [-0.3, -0.25) is 4.79 Å². The Labute approximate surface area is 114 Å². The van der Waals surface area contributed by atoms with Crippen molar-refractivity contribution in [1.82, 2.24) is 15.6 Å². The summed E-state index contributed by atoms with van der Waals surface area (Å²) in [4.78, 5) is 15.9. The fraction of sp³-hybridized carbons (Fsp3) is 0.571. The van der Waals surface area contributed by atoms with Gasteiger partial charge in [0.05, 0.1) is 13.2 Å². The molecule has 0 aliphatic heterocycles. The van der Waals surface area contributed by atoms with Crippen LogP contribution in [0.15, 0.2) is 18.3 Å². The zero-order valence-corrected chi connectivity index (χ0v) is 12.1. The number of aromatic nitrogens is 1. The first-order valence-corrected chi connectivity index (χ1v) is 6.50. The molecule has 5 nitrogen and oxygen atoms in total. The molecule has 1 atom stereocenters. The summed E-state index contributed by atoms with van der Waals surface area (Å²) in [6.45, 7) is 4.82. The van der Waals surface area contributed by atoms with Crippen molar-refractivity contribution in [2.45, 2.75) is 32.9 Å². The normalized spacial score (nSPS) is 12.3. The summed E-state index contributed by atoms with van der Waals surface area (Å²) >= 11 is 0. The first-order valence-electron chi connectivity index (χ1n) is 6.50. The van der Waals surface area contributed by atoms with Gasteiger partial charge in [-0.05, 0) is 17.9 Å². The molecule has 0 aliphatic carbocycles. The minimum absolute atomic E-state index is 0.0233. The molecule has 0 bridgehead atoms. The van der Waals surface area contributed by atoms with Gasteiger partial charge in [0.2, 0.25) is 11.8 Å². The van der Waals surface area contributed by atoms with Gasteiger partial charge < -0.3 is 15.4 Å². The number of ether oxygens (including phenoxy) is 1. The number of nitrogens with zero attached hydrogens (tertiary/aromatic N) is 1. The Hall–Kier alpha value is -1.62. The van der Waals surface area contributed by atoms with Gasteiger partial charge in [-0.15, -0.1) is 0 Å². The molecule has 1 aromatic rings. The van der Waals surface area contributed by atoms with Crippen LogP contribution in [0, 0.1) is 5.92 Å². The van der Waals surface area contributed by atoms with Gasteiger partial charge in [-0.1, -0.05) is 19.9 Å². The molecule has 0 aliphatic rings. The van der Waals surface area contributed by atoms with Gasteiger partial charge in [-0.25, -0.2) is 4.98 Å².